The van der Waals surface area contributed by atoms with Crippen molar-refractivity contribution in [2.24, 2.45) is 5.73 Å². The van der Waals surface area contributed by atoms with E-state index in [-0.39, 0.29) is 11.5 Å². The lowest BCUT2D eigenvalue weighted by atomic mass is 10.0. The maximum Gasteiger partial charge on any atom is 0.387 e. The fraction of sp³-hybridized carbons (Fsp3) is 0.286. The van der Waals surface area contributed by atoms with E-state index < -0.39 is 12.7 Å². The molecule has 21 heavy (non-hydrogen) atoms. The maximum absolute atomic E-state index is 12.3. The van der Waals surface area contributed by atoms with Crippen molar-refractivity contribution in [2.45, 2.75) is 19.6 Å². The summed E-state index contributed by atoms with van der Waals surface area (Å²) in [5.74, 6) is 0.191. The van der Waals surface area contributed by atoms with Crippen LogP contribution in [0, 0.1) is 0 Å². The topological polar surface area (TPSA) is 70.3 Å². The van der Waals surface area contributed by atoms with Gasteiger partial charge in [-0.2, -0.15) is 8.78 Å². The highest BCUT2D eigenvalue weighted by atomic mass is 19.3. The Morgan fingerprint density at radius 3 is 2.67 bits per heavy atom. The molecule has 2 rings (SSSR count). The van der Waals surface area contributed by atoms with Gasteiger partial charge < -0.3 is 15.2 Å². The third kappa shape index (κ3) is 3.85. The molecule has 0 aliphatic rings. The van der Waals surface area contributed by atoms with Gasteiger partial charge in [0.15, 0.2) is 11.5 Å². The quantitative estimate of drug-likeness (QED) is 0.886. The molecule has 0 radical (unpaired) electrons. The van der Waals surface area contributed by atoms with Gasteiger partial charge in [-0.25, -0.2) is 0 Å². The molecule has 1 heterocycles. The van der Waals surface area contributed by atoms with Crippen molar-refractivity contribution in [3.05, 3.63) is 48.0 Å². The first-order chi connectivity index (χ1) is 10.1. The molecule has 0 aliphatic heterocycles. The number of halogens is 2. The zero-order valence-corrected chi connectivity index (χ0v) is 11.4. The Morgan fingerprint density at radius 1 is 1.24 bits per heavy atom. The van der Waals surface area contributed by atoms with Crippen LogP contribution in [0.3, 0.4) is 0 Å². The summed E-state index contributed by atoms with van der Waals surface area (Å²) >= 11 is 0. The smallest absolute Gasteiger partial charge is 0.387 e. The van der Waals surface area contributed by atoms with Gasteiger partial charge in [0, 0.05) is 12.4 Å². The number of rotatable bonds is 6. The number of alkyl halides is 2. The number of hydrogen-bond donors (Lipinski definition) is 1. The van der Waals surface area contributed by atoms with Gasteiger partial charge in [-0.05, 0) is 24.6 Å². The lowest BCUT2D eigenvalue weighted by molar-refractivity contribution is -0.0514. The normalized spacial score (nSPS) is 12.2. The Labute approximate surface area is 120 Å². The summed E-state index contributed by atoms with van der Waals surface area (Å²) in [6.45, 7) is -0.839. The summed E-state index contributed by atoms with van der Waals surface area (Å²) in [4.78, 5) is 8.07. The highest BCUT2D eigenvalue weighted by Gasteiger charge is 2.16. The van der Waals surface area contributed by atoms with Gasteiger partial charge in [0.25, 0.3) is 0 Å². The van der Waals surface area contributed by atoms with Crippen molar-refractivity contribution in [3.8, 4) is 11.5 Å². The van der Waals surface area contributed by atoms with E-state index in [1.807, 2.05) is 0 Å². The number of ether oxygens (including phenoxy) is 2. The summed E-state index contributed by atoms with van der Waals surface area (Å²) in [6, 6.07) is 4.04. The number of hydrogen-bond acceptors (Lipinski definition) is 5. The maximum atomic E-state index is 12.3. The van der Waals surface area contributed by atoms with E-state index in [1.54, 1.807) is 31.5 Å². The van der Waals surface area contributed by atoms with Crippen molar-refractivity contribution in [2.75, 3.05) is 6.61 Å². The summed E-state index contributed by atoms with van der Waals surface area (Å²) in [5.41, 5.74) is 7.32. The molecule has 1 aromatic carbocycles. The van der Waals surface area contributed by atoms with Crippen LogP contribution in [0.5, 0.6) is 11.5 Å². The highest BCUT2D eigenvalue weighted by molar-refractivity contribution is 5.45. The Morgan fingerprint density at radius 2 is 2.05 bits per heavy atom. The van der Waals surface area contributed by atoms with E-state index in [0.29, 0.717) is 17.9 Å². The second kappa shape index (κ2) is 6.94. The third-order valence-electron chi connectivity index (χ3n) is 2.74. The molecule has 5 nitrogen and oxygen atoms in total. The SMILES string of the molecule is CCOc1cc(C(N)c2cnccn2)ccc1OC(F)F. The zero-order chi connectivity index (χ0) is 15.2. The van der Waals surface area contributed by atoms with Crippen molar-refractivity contribution in [1.29, 1.82) is 0 Å². The van der Waals surface area contributed by atoms with Crippen LogP contribution in [0.1, 0.15) is 24.2 Å². The minimum Gasteiger partial charge on any atom is -0.490 e. The van der Waals surface area contributed by atoms with Gasteiger partial charge in [-0.15, -0.1) is 0 Å². The van der Waals surface area contributed by atoms with E-state index in [0.717, 1.165) is 0 Å². The first-order valence-electron chi connectivity index (χ1n) is 6.35. The van der Waals surface area contributed by atoms with Crippen molar-refractivity contribution < 1.29 is 18.3 Å². The molecule has 2 aromatic rings. The van der Waals surface area contributed by atoms with Crippen LogP contribution >= 0.6 is 0 Å². The highest BCUT2D eigenvalue weighted by Crippen LogP contribution is 2.32. The van der Waals surface area contributed by atoms with Crippen molar-refractivity contribution >= 4 is 0 Å². The van der Waals surface area contributed by atoms with Crippen LogP contribution in [-0.2, 0) is 0 Å². The average Bonchev–Trinajstić information content (AvgIpc) is 2.49. The van der Waals surface area contributed by atoms with Gasteiger partial charge in [0.1, 0.15) is 0 Å². The second-order valence-electron chi connectivity index (χ2n) is 4.13. The Kier molecular flexibility index (Phi) is 4.99. The van der Waals surface area contributed by atoms with Gasteiger partial charge in [0.2, 0.25) is 0 Å². The van der Waals surface area contributed by atoms with E-state index in [9.17, 15) is 8.78 Å². The van der Waals surface area contributed by atoms with Crippen LogP contribution in [0.2, 0.25) is 0 Å². The summed E-state index contributed by atoms with van der Waals surface area (Å²) in [6.07, 6.45) is 4.63. The molecule has 0 saturated heterocycles. The van der Waals surface area contributed by atoms with Crippen LogP contribution in [-0.4, -0.2) is 23.2 Å². The standard InChI is InChI=1S/C14H15F2N3O2/c1-2-20-12-7-9(3-4-11(12)21-14(15)16)13(17)10-8-18-5-6-19-10/h3-8,13-14H,2,17H2,1H3. The van der Waals surface area contributed by atoms with Crippen LogP contribution < -0.4 is 15.2 Å². The monoisotopic (exact) mass is 295 g/mol. The van der Waals surface area contributed by atoms with Gasteiger partial charge in [-0.1, -0.05) is 6.07 Å². The fourth-order valence-electron chi connectivity index (χ4n) is 1.82. The van der Waals surface area contributed by atoms with Gasteiger partial charge >= 0.3 is 6.61 Å². The van der Waals surface area contributed by atoms with E-state index in [2.05, 4.69) is 14.7 Å². The van der Waals surface area contributed by atoms with E-state index in [4.69, 9.17) is 10.5 Å². The summed E-state index contributed by atoms with van der Waals surface area (Å²) in [7, 11) is 0. The molecule has 7 heteroatoms. The number of aromatic nitrogens is 2. The third-order valence-corrected chi connectivity index (χ3v) is 2.74. The van der Waals surface area contributed by atoms with E-state index >= 15 is 0 Å². The molecule has 1 aromatic heterocycles. The lowest BCUT2D eigenvalue weighted by Crippen LogP contribution is -2.14. The summed E-state index contributed by atoms with van der Waals surface area (Å²) in [5, 5.41) is 0. The predicted molar refractivity (Wildman–Crippen MR) is 72.3 cm³/mol. The number of nitrogens with zero attached hydrogens (tertiary/aromatic N) is 2. The van der Waals surface area contributed by atoms with Gasteiger partial charge in [0.05, 0.1) is 24.5 Å². The van der Waals surface area contributed by atoms with Crippen LogP contribution in [0.15, 0.2) is 36.8 Å². The predicted octanol–water partition coefficient (Wildman–Crippen LogP) is 2.52. The first-order valence-corrected chi connectivity index (χ1v) is 6.35. The van der Waals surface area contributed by atoms with Crippen molar-refractivity contribution in [3.63, 3.8) is 0 Å². The zero-order valence-electron chi connectivity index (χ0n) is 11.4. The molecule has 0 bridgehead atoms. The average molecular weight is 295 g/mol. The molecule has 1 unspecified atom stereocenters. The summed E-state index contributed by atoms with van der Waals surface area (Å²) < 4.78 is 34.4. The Bertz CT molecular complexity index is 582. The van der Waals surface area contributed by atoms with Gasteiger partial charge in [-0.3, -0.25) is 9.97 Å². The molecule has 0 fully saturated rings. The molecule has 1 atom stereocenters. The molecule has 112 valence electrons. The Hall–Kier alpha value is -2.28. The minimum atomic E-state index is -2.91. The van der Waals surface area contributed by atoms with E-state index in [1.165, 1.54) is 12.3 Å². The lowest BCUT2D eigenvalue weighted by Gasteiger charge is -2.15. The Balaban J connectivity index is 2.30. The molecule has 0 aliphatic carbocycles. The molecule has 0 saturated carbocycles. The molecule has 2 N–H and O–H groups in total. The minimum absolute atomic E-state index is 0.0260. The second-order valence-corrected chi connectivity index (χ2v) is 4.13. The number of nitrogens with two attached hydrogens (primary N) is 1. The molecule has 0 spiro atoms. The van der Waals surface area contributed by atoms with Crippen LogP contribution in [0.25, 0.3) is 0 Å². The fourth-order valence-corrected chi connectivity index (χ4v) is 1.82. The molecular weight excluding hydrogens is 280 g/mol. The largest absolute Gasteiger partial charge is 0.490 e. The van der Waals surface area contributed by atoms with Crippen LogP contribution in [0.4, 0.5) is 8.78 Å². The number of benzene rings is 1. The molecule has 0 amide bonds. The molecular formula is C14H15F2N3O2. The van der Waals surface area contributed by atoms with Crippen molar-refractivity contribution in [1.82, 2.24) is 9.97 Å². The first kappa shape index (κ1) is 15.1.